The van der Waals surface area contributed by atoms with Gasteiger partial charge >= 0.3 is 6.03 Å². The number of carbonyl (C=O) groups excluding carboxylic acids is 1. The van der Waals surface area contributed by atoms with Crippen LogP contribution in [0.3, 0.4) is 0 Å². The van der Waals surface area contributed by atoms with Crippen LogP contribution in [0.4, 0.5) is 14.9 Å². The van der Waals surface area contributed by atoms with Gasteiger partial charge in [-0.3, -0.25) is 4.90 Å². The zero-order valence-electron chi connectivity index (χ0n) is 14.5. The quantitative estimate of drug-likeness (QED) is 0.885. The first kappa shape index (κ1) is 17.4. The molecular formula is C20H24FN3O. The maximum atomic E-state index is 12.9. The molecule has 2 N–H and O–H groups in total. The molecule has 1 aliphatic rings. The van der Waals surface area contributed by atoms with E-state index in [-0.39, 0.29) is 17.9 Å². The van der Waals surface area contributed by atoms with Crippen LogP contribution in [0.25, 0.3) is 0 Å². The standard InChI is InChI=1S/C20H24FN3O/c1-15-3-2-4-16(13-15)14-24-11-9-19(10-12-24)23-20(25)22-18-7-5-17(21)6-8-18/h2-8,13,19H,9-12,14H2,1H3,(H2,22,23,25). The van der Waals surface area contributed by atoms with E-state index in [4.69, 9.17) is 0 Å². The Bertz CT molecular complexity index is 709. The second-order valence-electron chi connectivity index (χ2n) is 6.64. The van der Waals surface area contributed by atoms with E-state index in [1.807, 2.05) is 0 Å². The molecule has 1 saturated heterocycles. The molecule has 0 bridgehead atoms. The molecule has 0 aromatic heterocycles. The first-order chi connectivity index (χ1) is 12.1. The average molecular weight is 341 g/mol. The van der Waals surface area contributed by atoms with Crippen LogP contribution in [0, 0.1) is 12.7 Å². The number of halogens is 1. The van der Waals surface area contributed by atoms with Crippen molar-refractivity contribution in [3.8, 4) is 0 Å². The van der Waals surface area contributed by atoms with E-state index in [1.54, 1.807) is 12.1 Å². The fourth-order valence-corrected chi connectivity index (χ4v) is 3.19. The number of amides is 2. The Balaban J connectivity index is 1.42. The van der Waals surface area contributed by atoms with Crippen molar-refractivity contribution >= 4 is 11.7 Å². The Morgan fingerprint density at radius 3 is 2.56 bits per heavy atom. The number of benzene rings is 2. The summed E-state index contributed by atoms with van der Waals surface area (Å²) < 4.78 is 12.9. The smallest absolute Gasteiger partial charge is 0.319 e. The lowest BCUT2D eigenvalue weighted by Gasteiger charge is -2.32. The van der Waals surface area contributed by atoms with Crippen molar-refractivity contribution in [1.29, 1.82) is 0 Å². The van der Waals surface area contributed by atoms with Gasteiger partial charge in [-0.1, -0.05) is 29.8 Å². The molecule has 1 aliphatic heterocycles. The van der Waals surface area contributed by atoms with Crippen molar-refractivity contribution < 1.29 is 9.18 Å². The first-order valence-electron chi connectivity index (χ1n) is 8.69. The summed E-state index contributed by atoms with van der Waals surface area (Å²) in [5.74, 6) is -0.313. The molecule has 132 valence electrons. The lowest BCUT2D eigenvalue weighted by Crippen LogP contribution is -2.45. The third kappa shape index (κ3) is 5.29. The fraction of sp³-hybridized carbons (Fsp3) is 0.350. The van der Waals surface area contributed by atoms with Gasteiger partial charge in [-0.2, -0.15) is 0 Å². The molecule has 1 heterocycles. The Morgan fingerprint density at radius 1 is 1.16 bits per heavy atom. The van der Waals surface area contributed by atoms with Gasteiger partial charge in [0.1, 0.15) is 5.82 Å². The number of rotatable bonds is 4. The van der Waals surface area contributed by atoms with Gasteiger partial charge in [-0.15, -0.1) is 0 Å². The number of nitrogens with one attached hydrogen (secondary N) is 2. The Labute approximate surface area is 148 Å². The maximum absolute atomic E-state index is 12.9. The summed E-state index contributed by atoms with van der Waals surface area (Å²) in [5.41, 5.74) is 3.21. The molecule has 0 spiro atoms. The van der Waals surface area contributed by atoms with Crippen LogP contribution in [0.1, 0.15) is 24.0 Å². The number of hydrogen-bond acceptors (Lipinski definition) is 2. The molecule has 1 fully saturated rings. The van der Waals surface area contributed by atoms with Crippen molar-refractivity contribution in [2.24, 2.45) is 0 Å². The van der Waals surface area contributed by atoms with E-state index >= 15 is 0 Å². The molecule has 2 amide bonds. The normalized spacial score (nSPS) is 15.8. The molecule has 0 atom stereocenters. The molecule has 0 radical (unpaired) electrons. The third-order valence-corrected chi connectivity index (χ3v) is 4.51. The second kappa shape index (κ2) is 8.12. The molecule has 0 aliphatic carbocycles. The number of piperidine rings is 1. The maximum Gasteiger partial charge on any atom is 0.319 e. The van der Waals surface area contributed by atoms with Gasteiger partial charge in [0, 0.05) is 31.4 Å². The molecule has 5 heteroatoms. The van der Waals surface area contributed by atoms with Crippen LogP contribution in [-0.4, -0.2) is 30.1 Å². The predicted octanol–water partition coefficient (Wildman–Crippen LogP) is 3.92. The lowest BCUT2D eigenvalue weighted by atomic mass is 10.0. The summed E-state index contributed by atoms with van der Waals surface area (Å²) in [6, 6.07) is 14.3. The van der Waals surface area contributed by atoms with Gasteiger partial charge in [0.25, 0.3) is 0 Å². The van der Waals surface area contributed by atoms with Gasteiger partial charge in [0.05, 0.1) is 0 Å². The molecule has 3 rings (SSSR count). The van der Waals surface area contributed by atoms with Crippen LogP contribution in [0.5, 0.6) is 0 Å². The monoisotopic (exact) mass is 341 g/mol. The van der Waals surface area contributed by atoms with Crippen LogP contribution in [0.2, 0.25) is 0 Å². The minimum absolute atomic E-state index is 0.175. The Morgan fingerprint density at radius 2 is 1.88 bits per heavy atom. The van der Waals surface area contributed by atoms with Crippen molar-refractivity contribution in [1.82, 2.24) is 10.2 Å². The second-order valence-corrected chi connectivity index (χ2v) is 6.64. The van der Waals surface area contributed by atoms with E-state index < -0.39 is 0 Å². The molecule has 2 aromatic rings. The van der Waals surface area contributed by atoms with Gasteiger partial charge in [-0.05, 0) is 49.6 Å². The number of hydrogen-bond donors (Lipinski definition) is 2. The summed E-state index contributed by atoms with van der Waals surface area (Å²) in [6.07, 6.45) is 1.87. The zero-order valence-corrected chi connectivity index (χ0v) is 14.5. The number of likely N-dealkylation sites (tertiary alicyclic amines) is 1. The highest BCUT2D eigenvalue weighted by Crippen LogP contribution is 2.15. The highest BCUT2D eigenvalue weighted by molar-refractivity contribution is 5.89. The summed E-state index contributed by atoms with van der Waals surface area (Å²) in [4.78, 5) is 14.5. The fourth-order valence-electron chi connectivity index (χ4n) is 3.19. The van der Waals surface area contributed by atoms with E-state index in [0.717, 1.165) is 32.5 Å². The van der Waals surface area contributed by atoms with Gasteiger partial charge < -0.3 is 10.6 Å². The van der Waals surface area contributed by atoms with E-state index in [1.165, 1.54) is 23.3 Å². The Kier molecular flexibility index (Phi) is 5.66. The molecule has 0 unspecified atom stereocenters. The third-order valence-electron chi connectivity index (χ3n) is 4.51. The number of aryl methyl sites for hydroxylation is 1. The summed E-state index contributed by atoms with van der Waals surface area (Å²) >= 11 is 0. The van der Waals surface area contributed by atoms with Crippen LogP contribution in [-0.2, 0) is 6.54 Å². The summed E-state index contributed by atoms with van der Waals surface area (Å²) in [5, 5.41) is 5.75. The van der Waals surface area contributed by atoms with E-state index in [2.05, 4.69) is 46.7 Å². The zero-order chi connectivity index (χ0) is 17.6. The first-order valence-corrected chi connectivity index (χ1v) is 8.69. The summed E-state index contributed by atoms with van der Waals surface area (Å²) in [7, 11) is 0. The van der Waals surface area contributed by atoms with Crippen LogP contribution < -0.4 is 10.6 Å². The molecule has 25 heavy (non-hydrogen) atoms. The van der Waals surface area contributed by atoms with Crippen LogP contribution >= 0.6 is 0 Å². The SMILES string of the molecule is Cc1cccc(CN2CCC(NC(=O)Nc3ccc(F)cc3)CC2)c1. The predicted molar refractivity (Wildman–Crippen MR) is 98.0 cm³/mol. The number of carbonyl (C=O) groups is 1. The summed E-state index contributed by atoms with van der Waals surface area (Å²) in [6.45, 7) is 5.00. The van der Waals surface area contributed by atoms with Gasteiger partial charge in [0.2, 0.25) is 0 Å². The van der Waals surface area contributed by atoms with Gasteiger partial charge in [-0.25, -0.2) is 9.18 Å². The molecule has 4 nitrogen and oxygen atoms in total. The highest BCUT2D eigenvalue weighted by atomic mass is 19.1. The Hall–Kier alpha value is -2.40. The van der Waals surface area contributed by atoms with Gasteiger partial charge in [0.15, 0.2) is 0 Å². The van der Waals surface area contributed by atoms with Crippen molar-refractivity contribution in [3.63, 3.8) is 0 Å². The molecule has 0 saturated carbocycles. The van der Waals surface area contributed by atoms with Crippen LogP contribution in [0.15, 0.2) is 48.5 Å². The largest absolute Gasteiger partial charge is 0.335 e. The van der Waals surface area contributed by atoms with Crippen molar-refractivity contribution in [3.05, 3.63) is 65.5 Å². The van der Waals surface area contributed by atoms with Crippen molar-refractivity contribution in [2.75, 3.05) is 18.4 Å². The molecular weight excluding hydrogens is 317 g/mol. The number of nitrogens with zero attached hydrogens (tertiary/aromatic N) is 1. The number of urea groups is 1. The molecule has 2 aromatic carbocycles. The lowest BCUT2D eigenvalue weighted by molar-refractivity contribution is 0.190. The van der Waals surface area contributed by atoms with E-state index in [0.29, 0.717) is 5.69 Å². The van der Waals surface area contributed by atoms with Crippen molar-refractivity contribution in [2.45, 2.75) is 32.4 Å². The highest BCUT2D eigenvalue weighted by Gasteiger charge is 2.20. The van der Waals surface area contributed by atoms with E-state index in [9.17, 15) is 9.18 Å². The topological polar surface area (TPSA) is 44.4 Å². The number of anilines is 1. The minimum Gasteiger partial charge on any atom is -0.335 e. The minimum atomic E-state index is -0.313. The average Bonchev–Trinajstić information content (AvgIpc) is 2.59.